The number of rotatable bonds is 6. The van der Waals surface area contributed by atoms with Crippen LogP contribution in [0.1, 0.15) is 25.5 Å². The molecule has 2 amide bonds. The topological polar surface area (TPSA) is 126 Å². The number of ether oxygens (including phenoxy) is 3. The molecule has 164 valence electrons. The third-order valence-corrected chi connectivity index (χ3v) is 4.57. The lowest BCUT2D eigenvalue weighted by Gasteiger charge is -2.31. The highest BCUT2D eigenvalue weighted by molar-refractivity contribution is 5.87. The Morgan fingerprint density at radius 2 is 1.94 bits per heavy atom. The summed E-state index contributed by atoms with van der Waals surface area (Å²) in [6.45, 7) is 3.38. The van der Waals surface area contributed by atoms with Gasteiger partial charge in [-0.05, 0) is 29.8 Å². The van der Waals surface area contributed by atoms with E-state index in [2.05, 4.69) is 5.32 Å². The van der Waals surface area contributed by atoms with Crippen molar-refractivity contribution >= 4 is 17.7 Å². The molecule has 4 N–H and O–H groups in total. The largest absolute Gasteiger partial charge is 0.505 e. The highest BCUT2D eigenvalue weighted by Crippen LogP contribution is 2.40. The second kappa shape index (κ2) is 8.92. The monoisotopic (exact) mass is 432 g/mol. The fourth-order valence-corrected chi connectivity index (χ4v) is 2.98. The van der Waals surface area contributed by atoms with Crippen molar-refractivity contribution in [1.82, 2.24) is 5.48 Å². The predicted octanol–water partition coefficient (Wildman–Crippen LogP) is 3.64. The van der Waals surface area contributed by atoms with Gasteiger partial charge in [0.2, 0.25) is 6.79 Å². The Morgan fingerprint density at radius 3 is 2.65 bits per heavy atom. The predicted molar refractivity (Wildman–Crippen MR) is 106 cm³/mol. The third-order valence-electron chi connectivity index (χ3n) is 4.57. The Labute approximate surface area is 177 Å². The number of fused-ring (bicyclic) bond motifs is 1. The highest BCUT2D eigenvalue weighted by atomic mass is 19.1. The second-order valence-electron chi connectivity index (χ2n) is 7.32. The average Bonchev–Trinajstić information content (AvgIpc) is 3.20. The molecule has 2 aromatic rings. The molecular formula is C21H21FN2O7. The van der Waals surface area contributed by atoms with E-state index in [1.165, 1.54) is 17.6 Å². The first-order valence-electron chi connectivity index (χ1n) is 9.18. The maximum atomic E-state index is 14.0. The summed E-state index contributed by atoms with van der Waals surface area (Å²) in [7, 11) is 0. The Morgan fingerprint density at radius 1 is 1.19 bits per heavy atom. The lowest BCUT2D eigenvalue weighted by Crippen LogP contribution is -2.28. The number of benzene rings is 2. The smallest absolute Gasteiger partial charge is 0.412 e. The number of aromatic hydroxyl groups is 1. The molecule has 1 aliphatic heterocycles. The van der Waals surface area contributed by atoms with Crippen molar-refractivity contribution in [3.63, 3.8) is 0 Å². The molecule has 0 saturated heterocycles. The minimum atomic E-state index is -1.06. The summed E-state index contributed by atoms with van der Waals surface area (Å²) in [5.74, 6) is -1.22. The van der Waals surface area contributed by atoms with E-state index in [0.717, 1.165) is 18.2 Å². The molecule has 0 fully saturated rings. The number of amides is 2. The first-order chi connectivity index (χ1) is 14.7. The SMILES string of the molecule is CC(C)(/C=C/C(=O)NO)[C@H](OC(=O)Nc1ccc2c(c1)OCO2)c1ccc(O)c(F)c1. The molecular weight excluding hydrogens is 411 g/mol. The van der Waals surface area contributed by atoms with Crippen molar-refractivity contribution in [3.8, 4) is 17.2 Å². The van der Waals surface area contributed by atoms with E-state index in [1.54, 1.807) is 32.0 Å². The molecule has 3 rings (SSSR count). The molecule has 1 aliphatic rings. The highest BCUT2D eigenvalue weighted by Gasteiger charge is 2.33. The number of carbonyl (C=O) groups excluding carboxylic acids is 2. The van der Waals surface area contributed by atoms with Gasteiger partial charge in [-0.15, -0.1) is 0 Å². The second-order valence-corrected chi connectivity index (χ2v) is 7.32. The van der Waals surface area contributed by atoms with Crippen LogP contribution in [0.15, 0.2) is 48.6 Å². The fourth-order valence-electron chi connectivity index (χ4n) is 2.98. The zero-order valence-corrected chi connectivity index (χ0v) is 16.7. The number of halogens is 1. The summed E-state index contributed by atoms with van der Waals surface area (Å²) in [6, 6.07) is 8.37. The van der Waals surface area contributed by atoms with Gasteiger partial charge < -0.3 is 19.3 Å². The fraction of sp³-hybridized carbons (Fsp3) is 0.238. The van der Waals surface area contributed by atoms with Crippen LogP contribution in [0.3, 0.4) is 0 Å². The van der Waals surface area contributed by atoms with E-state index < -0.39 is 35.1 Å². The molecule has 0 aliphatic carbocycles. The maximum absolute atomic E-state index is 14.0. The van der Waals surface area contributed by atoms with Crippen LogP contribution in [-0.4, -0.2) is 29.1 Å². The zero-order chi connectivity index (χ0) is 22.6. The molecule has 1 heterocycles. The van der Waals surface area contributed by atoms with Gasteiger partial charge in [0, 0.05) is 23.2 Å². The van der Waals surface area contributed by atoms with E-state index in [0.29, 0.717) is 17.2 Å². The molecule has 0 unspecified atom stereocenters. The minimum absolute atomic E-state index is 0.0830. The summed E-state index contributed by atoms with van der Waals surface area (Å²) in [6.07, 6.45) is 0.565. The Hall–Kier alpha value is -3.79. The molecule has 9 nitrogen and oxygen atoms in total. The Kier molecular flexibility index (Phi) is 6.30. The van der Waals surface area contributed by atoms with Gasteiger partial charge in [-0.2, -0.15) is 0 Å². The van der Waals surface area contributed by atoms with E-state index in [1.807, 2.05) is 0 Å². The van der Waals surface area contributed by atoms with Crippen LogP contribution in [0.4, 0.5) is 14.9 Å². The van der Waals surface area contributed by atoms with Crippen LogP contribution in [0.2, 0.25) is 0 Å². The normalized spacial score (nSPS) is 13.7. The summed E-state index contributed by atoms with van der Waals surface area (Å²) in [5.41, 5.74) is 1.09. The van der Waals surface area contributed by atoms with Crippen LogP contribution in [0, 0.1) is 11.2 Å². The quantitative estimate of drug-likeness (QED) is 0.312. The summed E-state index contributed by atoms with van der Waals surface area (Å²) < 4.78 is 30.0. The molecule has 0 spiro atoms. The molecule has 1 atom stereocenters. The van der Waals surface area contributed by atoms with Crippen LogP contribution >= 0.6 is 0 Å². The van der Waals surface area contributed by atoms with Crippen LogP contribution in [0.5, 0.6) is 17.2 Å². The number of carbonyl (C=O) groups is 2. The van der Waals surface area contributed by atoms with Crippen molar-refractivity contribution in [3.05, 3.63) is 59.9 Å². The standard InChI is InChI=1S/C21H21FN2O7/c1-21(2,8-7-18(26)24-28)19(12-3-5-15(25)14(22)9-12)31-20(27)23-13-4-6-16-17(10-13)30-11-29-16/h3-10,19,25,28H,11H2,1-2H3,(H,23,27)(H,24,26)/b8-7+/t19-/m1/s1. The van der Waals surface area contributed by atoms with E-state index in [-0.39, 0.29) is 12.4 Å². The van der Waals surface area contributed by atoms with E-state index in [4.69, 9.17) is 19.4 Å². The van der Waals surface area contributed by atoms with Crippen molar-refractivity contribution in [2.24, 2.45) is 5.41 Å². The average molecular weight is 432 g/mol. The van der Waals surface area contributed by atoms with Crippen molar-refractivity contribution in [2.75, 3.05) is 12.1 Å². The molecule has 0 bridgehead atoms. The van der Waals surface area contributed by atoms with Gasteiger partial charge >= 0.3 is 6.09 Å². The van der Waals surface area contributed by atoms with Crippen molar-refractivity contribution < 1.29 is 38.5 Å². The van der Waals surface area contributed by atoms with Gasteiger partial charge in [0.15, 0.2) is 23.1 Å². The number of phenolic OH excluding ortho intramolecular Hbond substituents is 1. The molecule has 0 saturated carbocycles. The molecule has 0 aromatic heterocycles. The van der Waals surface area contributed by atoms with Crippen LogP contribution in [-0.2, 0) is 9.53 Å². The Balaban J connectivity index is 1.84. The summed E-state index contributed by atoms with van der Waals surface area (Å²) >= 11 is 0. The van der Waals surface area contributed by atoms with E-state index in [9.17, 15) is 19.1 Å². The Bertz CT molecular complexity index is 1020. The number of anilines is 1. The van der Waals surface area contributed by atoms with Gasteiger partial charge in [-0.3, -0.25) is 15.3 Å². The number of phenols is 1. The van der Waals surface area contributed by atoms with Crippen LogP contribution < -0.4 is 20.3 Å². The van der Waals surface area contributed by atoms with Gasteiger partial charge in [-0.25, -0.2) is 14.7 Å². The lowest BCUT2D eigenvalue weighted by atomic mass is 9.82. The zero-order valence-electron chi connectivity index (χ0n) is 16.7. The van der Waals surface area contributed by atoms with Gasteiger partial charge in [0.05, 0.1) is 0 Å². The van der Waals surface area contributed by atoms with Crippen molar-refractivity contribution in [1.29, 1.82) is 0 Å². The maximum Gasteiger partial charge on any atom is 0.412 e. The number of hydroxylamine groups is 1. The molecule has 2 aromatic carbocycles. The van der Waals surface area contributed by atoms with Crippen molar-refractivity contribution in [2.45, 2.75) is 20.0 Å². The van der Waals surface area contributed by atoms with Gasteiger partial charge in [-0.1, -0.05) is 26.0 Å². The van der Waals surface area contributed by atoms with Gasteiger partial charge in [0.1, 0.15) is 6.10 Å². The summed E-state index contributed by atoms with van der Waals surface area (Å²) in [5, 5.41) is 20.7. The van der Waals surface area contributed by atoms with Crippen LogP contribution in [0.25, 0.3) is 0 Å². The molecule has 0 radical (unpaired) electrons. The number of nitrogens with one attached hydrogen (secondary N) is 2. The number of hydrogen-bond donors (Lipinski definition) is 4. The first-order valence-corrected chi connectivity index (χ1v) is 9.18. The third kappa shape index (κ3) is 5.23. The summed E-state index contributed by atoms with van der Waals surface area (Å²) in [4.78, 5) is 24.0. The van der Waals surface area contributed by atoms with Gasteiger partial charge in [0.25, 0.3) is 5.91 Å². The molecule has 31 heavy (non-hydrogen) atoms. The molecule has 10 heteroatoms. The first kappa shape index (κ1) is 21.9. The lowest BCUT2D eigenvalue weighted by molar-refractivity contribution is -0.124. The van der Waals surface area contributed by atoms with E-state index >= 15 is 0 Å². The minimum Gasteiger partial charge on any atom is -0.505 e. The number of hydrogen-bond acceptors (Lipinski definition) is 7.